The van der Waals surface area contributed by atoms with Crippen LogP contribution in [-0.2, 0) is 11.3 Å². The number of aryl methyl sites for hydroxylation is 1. The average molecular weight is 263 g/mol. The van der Waals surface area contributed by atoms with E-state index in [9.17, 15) is 4.79 Å². The highest BCUT2D eigenvalue weighted by Gasteiger charge is 2.39. The van der Waals surface area contributed by atoms with Gasteiger partial charge in [-0.25, -0.2) is 4.79 Å². The molecule has 2 bridgehead atoms. The Kier molecular flexibility index (Phi) is 3.35. The minimum Gasteiger partial charge on any atom is -0.465 e. The molecular weight excluding hydrogens is 242 g/mol. The van der Waals surface area contributed by atoms with E-state index < -0.39 is 0 Å². The van der Waals surface area contributed by atoms with Crippen LogP contribution in [-0.4, -0.2) is 19.1 Å². The highest BCUT2D eigenvalue weighted by Crippen LogP contribution is 2.44. The summed E-state index contributed by atoms with van der Waals surface area (Å²) in [6, 6.07) is 2.42. The van der Waals surface area contributed by atoms with Crippen LogP contribution >= 0.6 is 0 Å². The Morgan fingerprint density at radius 2 is 2.32 bits per heavy atom. The van der Waals surface area contributed by atoms with Crippen molar-refractivity contribution in [1.82, 2.24) is 5.32 Å². The zero-order valence-corrected chi connectivity index (χ0v) is 11.6. The molecule has 0 radical (unpaired) electrons. The normalized spacial score (nSPS) is 28.8. The predicted molar refractivity (Wildman–Crippen MR) is 70.9 cm³/mol. The summed E-state index contributed by atoms with van der Waals surface area (Å²) >= 11 is 0. The summed E-state index contributed by atoms with van der Waals surface area (Å²) in [5, 5.41) is 3.58. The number of nitrogens with one attached hydrogen (secondary N) is 1. The lowest BCUT2D eigenvalue weighted by Crippen LogP contribution is -2.33. The molecule has 0 spiro atoms. The van der Waals surface area contributed by atoms with E-state index in [1.165, 1.54) is 32.8 Å². The van der Waals surface area contributed by atoms with Crippen LogP contribution in [0.3, 0.4) is 0 Å². The summed E-state index contributed by atoms with van der Waals surface area (Å²) in [7, 11) is 1.39. The summed E-state index contributed by atoms with van der Waals surface area (Å²) < 4.78 is 10.3. The summed E-state index contributed by atoms with van der Waals surface area (Å²) in [6.45, 7) is 2.50. The molecule has 0 saturated heterocycles. The molecule has 0 aliphatic heterocycles. The molecular formula is C15H21NO3. The largest absolute Gasteiger partial charge is 0.465 e. The van der Waals surface area contributed by atoms with Crippen LogP contribution in [0.2, 0.25) is 0 Å². The summed E-state index contributed by atoms with van der Waals surface area (Å²) in [5.74, 6) is 2.91. The van der Waals surface area contributed by atoms with Crippen molar-refractivity contribution in [2.45, 2.75) is 45.2 Å². The second-order valence-corrected chi connectivity index (χ2v) is 5.84. The Morgan fingerprint density at radius 1 is 1.47 bits per heavy atom. The zero-order valence-electron chi connectivity index (χ0n) is 11.6. The lowest BCUT2D eigenvalue weighted by atomic mass is 9.95. The number of rotatable bonds is 4. The maximum absolute atomic E-state index is 11.5. The number of esters is 1. The molecule has 2 saturated carbocycles. The zero-order chi connectivity index (χ0) is 13.4. The molecule has 2 aliphatic rings. The fourth-order valence-corrected chi connectivity index (χ4v) is 3.67. The predicted octanol–water partition coefficient (Wildman–Crippen LogP) is 2.65. The first kappa shape index (κ1) is 12.7. The Bertz CT molecular complexity index is 480. The lowest BCUT2D eigenvalue weighted by molar-refractivity contribution is 0.0599. The molecule has 0 aromatic carbocycles. The van der Waals surface area contributed by atoms with Crippen LogP contribution < -0.4 is 5.32 Å². The molecule has 2 aliphatic carbocycles. The van der Waals surface area contributed by atoms with E-state index in [2.05, 4.69) is 5.32 Å². The number of fused-ring (bicyclic) bond motifs is 2. The van der Waals surface area contributed by atoms with Crippen molar-refractivity contribution < 1.29 is 13.9 Å². The van der Waals surface area contributed by atoms with Crippen LogP contribution in [0.4, 0.5) is 0 Å². The highest BCUT2D eigenvalue weighted by atomic mass is 16.5. The molecule has 4 nitrogen and oxygen atoms in total. The number of hydrogen-bond acceptors (Lipinski definition) is 4. The maximum Gasteiger partial charge on any atom is 0.341 e. The Balaban J connectivity index is 1.60. The van der Waals surface area contributed by atoms with Crippen LogP contribution in [0.1, 0.15) is 47.6 Å². The monoisotopic (exact) mass is 263 g/mol. The molecule has 1 aromatic heterocycles. The van der Waals surface area contributed by atoms with Gasteiger partial charge in [-0.3, -0.25) is 0 Å². The van der Waals surface area contributed by atoms with Crippen molar-refractivity contribution in [3.05, 3.63) is 23.2 Å². The van der Waals surface area contributed by atoms with Gasteiger partial charge in [0.2, 0.25) is 0 Å². The number of carbonyl (C=O) groups is 1. The van der Waals surface area contributed by atoms with E-state index in [0.29, 0.717) is 23.9 Å². The standard InChI is InChI=1S/C15H21NO3/c1-9-13(15(17)18-2)7-12(19-9)8-16-14-6-10-3-4-11(14)5-10/h7,10-11,14,16H,3-6,8H2,1-2H3. The third-order valence-electron chi connectivity index (χ3n) is 4.65. The van der Waals surface area contributed by atoms with E-state index in [4.69, 9.17) is 9.15 Å². The summed E-state index contributed by atoms with van der Waals surface area (Å²) in [4.78, 5) is 11.5. The second-order valence-electron chi connectivity index (χ2n) is 5.84. The Labute approximate surface area is 113 Å². The van der Waals surface area contributed by atoms with Gasteiger partial charge in [0.1, 0.15) is 17.1 Å². The molecule has 3 rings (SSSR count). The topological polar surface area (TPSA) is 51.5 Å². The van der Waals surface area contributed by atoms with E-state index in [1.54, 1.807) is 13.0 Å². The number of methoxy groups -OCH3 is 1. The van der Waals surface area contributed by atoms with Crippen molar-refractivity contribution in [3.8, 4) is 0 Å². The van der Waals surface area contributed by atoms with Gasteiger partial charge in [-0.05, 0) is 44.1 Å². The third-order valence-corrected chi connectivity index (χ3v) is 4.65. The molecule has 1 aromatic rings. The van der Waals surface area contributed by atoms with Crippen molar-refractivity contribution in [3.63, 3.8) is 0 Å². The van der Waals surface area contributed by atoms with Crippen LogP contribution in [0, 0.1) is 18.8 Å². The Morgan fingerprint density at radius 3 is 2.95 bits per heavy atom. The molecule has 3 atom stereocenters. The van der Waals surface area contributed by atoms with Crippen LogP contribution in [0.25, 0.3) is 0 Å². The molecule has 2 fully saturated rings. The fraction of sp³-hybridized carbons (Fsp3) is 0.667. The number of ether oxygens (including phenoxy) is 1. The average Bonchev–Trinajstić information content (AvgIpc) is 3.10. The SMILES string of the molecule is COC(=O)c1cc(CNC2CC3CCC2C3)oc1C. The molecule has 19 heavy (non-hydrogen) atoms. The molecule has 0 amide bonds. The molecule has 1 heterocycles. The van der Waals surface area contributed by atoms with Gasteiger partial charge in [0, 0.05) is 6.04 Å². The van der Waals surface area contributed by atoms with Crippen molar-refractivity contribution in [2.75, 3.05) is 7.11 Å². The maximum atomic E-state index is 11.5. The number of furan rings is 1. The second kappa shape index (κ2) is 5.00. The van der Waals surface area contributed by atoms with Crippen LogP contribution in [0.15, 0.2) is 10.5 Å². The van der Waals surface area contributed by atoms with E-state index >= 15 is 0 Å². The van der Waals surface area contributed by atoms with Gasteiger partial charge in [-0.1, -0.05) is 6.42 Å². The van der Waals surface area contributed by atoms with E-state index in [0.717, 1.165) is 17.6 Å². The third kappa shape index (κ3) is 2.41. The van der Waals surface area contributed by atoms with E-state index in [1.807, 2.05) is 0 Å². The minimum absolute atomic E-state index is 0.326. The summed E-state index contributed by atoms with van der Waals surface area (Å²) in [5.41, 5.74) is 0.534. The first-order valence-corrected chi connectivity index (χ1v) is 7.08. The smallest absolute Gasteiger partial charge is 0.341 e. The van der Waals surface area contributed by atoms with Gasteiger partial charge in [0.25, 0.3) is 0 Å². The molecule has 3 unspecified atom stereocenters. The number of carbonyl (C=O) groups excluding carboxylic acids is 1. The van der Waals surface area contributed by atoms with Gasteiger partial charge in [0.05, 0.1) is 13.7 Å². The lowest BCUT2D eigenvalue weighted by Gasteiger charge is -2.22. The van der Waals surface area contributed by atoms with Crippen molar-refractivity contribution in [2.24, 2.45) is 11.8 Å². The van der Waals surface area contributed by atoms with Gasteiger partial charge in [-0.15, -0.1) is 0 Å². The van der Waals surface area contributed by atoms with Crippen molar-refractivity contribution >= 4 is 5.97 Å². The first-order chi connectivity index (χ1) is 9.17. The first-order valence-electron chi connectivity index (χ1n) is 7.08. The van der Waals surface area contributed by atoms with Gasteiger partial charge < -0.3 is 14.5 Å². The number of hydrogen-bond donors (Lipinski definition) is 1. The highest BCUT2D eigenvalue weighted by molar-refractivity contribution is 5.90. The molecule has 1 N–H and O–H groups in total. The molecule has 104 valence electrons. The van der Waals surface area contributed by atoms with Gasteiger partial charge >= 0.3 is 5.97 Å². The van der Waals surface area contributed by atoms with Gasteiger partial charge in [0.15, 0.2) is 0 Å². The van der Waals surface area contributed by atoms with E-state index in [-0.39, 0.29) is 5.97 Å². The Hall–Kier alpha value is -1.29. The minimum atomic E-state index is -0.326. The quantitative estimate of drug-likeness (QED) is 0.848. The van der Waals surface area contributed by atoms with Crippen LogP contribution in [0.5, 0.6) is 0 Å². The van der Waals surface area contributed by atoms with Crippen molar-refractivity contribution in [1.29, 1.82) is 0 Å². The summed E-state index contributed by atoms with van der Waals surface area (Å²) in [6.07, 6.45) is 5.47. The fourth-order valence-electron chi connectivity index (χ4n) is 3.67. The van der Waals surface area contributed by atoms with Gasteiger partial charge in [-0.2, -0.15) is 0 Å². The molecule has 4 heteroatoms.